The Morgan fingerprint density at radius 3 is 2.88 bits per heavy atom. The number of carboxylic acids is 1. The third kappa shape index (κ3) is 2.29. The molecule has 0 spiro atoms. The van der Waals surface area contributed by atoms with E-state index in [2.05, 4.69) is 10.3 Å². The first-order valence-electron chi connectivity index (χ1n) is 5.46. The molecule has 2 rings (SSSR count). The highest BCUT2D eigenvalue weighted by Gasteiger charge is 2.14. The van der Waals surface area contributed by atoms with Crippen molar-refractivity contribution in [2.24, 2.45) is 7.05 Å². The molecule has 1 atom stereocenters. The summed E-state index contributed by atoms with van der Waals surface area (Å²) in [5, 5.41) is 11.5. The van der Waals surface area contributed by atoms with E-state index in [1.54, 1.807) is 0 Å². The van der Waals surface area contributed by atoms with E-state index in [1.807, 2.05) is 42.8 Å². The Morgan fingerprint density at radius 1 is 1.53 bits per heavy atom. The first-order valence-corrected chi connectivity index (χ1v) is 5.46. The molecule has 0 bridgehead atoms. The summed E-state index contributed by atoms with van der Waals surface area (Å²) in [6.07, 6.45) is 0. The van der Waals surface area contributed by atoms with E-state index in [1.165, 1.54) is 0 Å². The molecule has 1 heterocycles. The van der Waals surface area contributed by atoms with Crippen molar-refractivity contribution in [3.05, 3.63) is 30.1 Å². The van der Waals surface area contributed by atoms with Gasteiger partial charge in [0.05, 0.1) is 23.6 Å². The van der Waals surface area contributed by atoms with Crippen LogP contribution in [0.1, 0.15) is 18.8 Å². The van der Waals surface area contributed by atoms with Crippen molar-refractivity contribution < 1.29 is 9.90 Å². The average molecular weight is 233 g/mol. The number of nitrogens with zero attached hydrogens (tertiary/aromatic N) is 2. The molecule has 17 heavy (non-hydrogen) atoms. The summed E-state index contributed by atoms with van der Waals surface area (Å²) in [6.45, 7) is 1.84. The number of aromatic nitrogens is 2. The van der Waals surface area contributed by atoms with Gasteiger partial charge < -0.3 is 9.67 Å². The normalized spacial score (nSPS) is 12.8. The summed E-state index contributed by atoms with van der Waals surface area (Å²) in [5.41, 5.74) is 1.97. The number of hydrogen-bond acceptors (Lipinski definition) is 3. The van der Waals surface area contributed by atoms with Crippen LogP contribution in [0.5, 0.6) is 0 Å². The quantitative estimate of drug-likeness (QED) is 0.835. The molecule has 5 nitrogen and oxygen atoms in total. The first kappa shape index (κ1) is 11.6. The van der Waals surface area contributed by atoms with Crippen LogP contribution in [0.15, 0.2) is 24.3 Å². The minimum Gasteiger partial charge on any atom is -0.480 e. The lowest BCUT2D eigenvalue weighted by atomic mass is 10.3. The van der Waals surface area contributed by atoms with Crippen LogP contribution in [-0.2, 0) is 11.8 Å². The Hall–Kier alpha value is -1.88. The average Bonchev–Trinajstić information content (AvgIpc) is 2.64. The van der Waals surface area contributed by atoms with Crippen molar-refractivity contribution in [1.29, 1.82) is 0 Å². The largest absolute Gasteiger partial charge is 0.480 e. The molecule has 1 aromatic carbocycles. The zero-order valence-electron chi connectivity index (χ0n) is 9.84. The molecule has 0 radical (unpaired) electrons. The van der Waals surface area contributed by atoms with Gasteiger partial charge in [0.2, 0.25) is 0 Å². The summed E-state index contributed by atoms with van der Waals surface area (Å²) in [7, 11) is 1.93. The maximum absolute atomic E-state index is 10.5. The van der Waals surface area contributed by atoms with E-state index < -0.39 is 5.97 Å². The number of para-hydroxylation sites is 2. The molecule has 5 heteroatoms. The standard InChI is InChI=1S/C12H15N3O2/c1-8(13-7-11(16)17)12-14-9-5-3-4-6-10(9)15(12)2/h3-6,8,13H,7H2,1-2H3,(H,16,17). The van der Waals surface area contributed by atoms with Crippen molar-refractivity contribution in [2.75, 3.05) is 6.54 Å². The van der Waals surface area contributed by atoms with Crippen LogP contribution in [0.25, 0.3) is 11.0 Å². The molecule has 0 aliphatic heterocycles. The van der Waals surface area contributed by atoms with Crippen LogP contribution < -0.4 is 5.32 Å². The fourth-order valence-corrected chi connectivity index (χ4v) is 1.88. The second-order valence-electron chi connectivity index (χ2n) is 4.01. The minimum atomic E-state index is -0.865. The Bertz CT molecular complexity index is 548. The van der Waals surface area contributed by atoms with Gasteiger partial charge in [-0.25, -0.2) is 4.98 Å². The van der Waals surface area contributed by atoms with Gasteiger partial charge in [0.1, 0.15) is 5.82 Å². The summed E-state index contributed by atoms with van der Waals surface area (Å²) in [4.78, 5) is 15.0. The zero-order chi connectivity index (χ0) is 12.4. The molecular weight excluding hydrogens is 218 g/mol. The predicted molar refractivity (Wildman–Crippen MR) is 64.8 cm³/mol. The van der Waals surface area contributed by atoms with Gasteiger partial charge in [-0.05, 0) is 19.1 Å². The van der Waals surface area contributed by atoms with Crippen molar-refractivity contribution in [3.63, 3.8) is 0 Å². The summed E-state index contributed by atoms with van der Waals surface area (Å²) >= 11 is 0. The van der Waals surface area contributed by atoms with Crippen molar-refractivity contribution >= 4 is 17.0 Å². The smallest absolute Gasteiger partial charge is 0.317 e. The van der Waals surface area contributed by atoms with Crippen molar-refractivity contribution in [1.82, 2.24) is 14.9 Å². The van der Waals surface area contributed by atoms with Gasteiger partial charge >= 0.3 is 5.97 Å². The number of imidazole rings is 1. The van der Waals surface area contributed by atoms with Crippen LogP contribution in [0, 0.1) is 0 Å². The number of nitrogens with one attached hydrogen (secondary N) is 1. The number of aryl methyl sites for hydroxylation is 1. The van der Waals surface area contributed by atoms with Gasteiger partial charge in [0.15, 0.2) is 0 Å². The molecule has 0 saturated heterocycles. The number of benzene rings is 1. The number of rotatable bonds is 4. The molecule has 0 amide bonds. The molecule has 2 N–H and O–H groups in total. The summed E-state index contributed by atoms with van der Waals surface area (Å²) in [5.74, 6) is -0.0249. The van der Waals surface area contributed by atoms with Crippen LogP contribution in [-0.4, -0.2) is 27.2 Å². The number of fused-ring (bicyclic) bond motifs is 1. The second-order valence-corrected chi connectivity index (χ2v) is 4.01. The van der Waals surface area contributed by atoms with Gasteiger partial charge in [-0.15, -0.1) is 0 Å². The topological polar surface area (TPSA) is 67.2 Å². The maximum atomic E-state index is 10.5. The van der Waals surface area contributed by atoms with Crippen LogP contribution in [0.4, 0.5) is 0 Å². The van der Waals surface area contributed by atoms with Crippen LogP contribution in [0.2, 0.25) is 0 Å². The van der Waals surface area contributed by atoms with Crippen molar-refractivity contribution in [2.45, 2.75) is 13.0 Å². The summed E-state index contributed by atoms with van der Waals surface area (Å²) in [6, 6.07) is 7.75. The Balaban J connectivity index is 2.29. The molecule has 0 fully saturated rings. The molecule has 1 unspecified atom stereocenters. The highest BCUT2D eigenvalue weighted by atomic mass is 16.4. The molecule has 0 aliphatic rings. The predicted octanol–water partition coefficient (Wildman–Crippen LogP) is 1.31. The van der Waals surface area contributed by atoms with Gasteiger partial charge in [0, 0.05) is 7.05 Å². The number of carbonyl (C=O) groups is 1. The number of hydrogen-bond donors (Lipinski definition) is 2. The van der Waals surface area contributed by atoms with E-state index in [0.717, 1.165) is 16.9 Å². The fourth-order valence-electron chi connectivity index (χ4n) is 1.88. The lowest BCUT2D eigenvalue weighted by Gasteiger charge is -2.11. The van der Waals surface area contributed by atoms with E-state index in [-0.39, 0.29) is 12.6 Å². The lowest BCUT2D eigenvalue weighted by molar-refractivity contribution is -0.136. The van der Waals surface area contributed by atoms with E-state index in [0.29, 0.717) is 0 Å². The highest BCUT2D eigenvalue weighted by Crippen LogP contribution is 2.18. The van der Waals surface area contributed by atoms with Gasteiger partial charge in [-0.3, -0.25) is 10.1 Å². The maximum Gasteiger partial charge on any atom is 0.317 e. The Kier molecular flexibility index (Phi) is 3.10. The van der Waals surface area contributed by atoms with Crippen LogP contribution in [0.3, 0.4) is 0 Å². The minimum absolute atomic E-state index is 0.0651. The van der Waals surface area contributed by atoms with E-state index in [9.17, 15) is 4.79 Å². The molecule has 0 aliphatic carbocycles. The van der Waals surface area contributed by atoms with E-state index in [4.69, 9.17) is 5.11 Å². The van der Waals surface area contributed by atoms with Crippen LogP contribution >= 0.6 is 0 Å². The summed E-state index contributed by atoms with van der Waals surface area (Å²) < 4.78 is 1.98. The second kappa shape index (κ2) is 4.55. The SMILES string of the molecule is CC(NCC(=O)O)c1nc2ccccc2n1C. The van der Waals surface area contributed by atoms with Gasteiger partial charge in [-0.1, -0.05) is 12.1 Å². The third-order valence-corrected chi connectivity index (χ3v) is 2.77. The lowest BCUT2D eigenvalue weighted by Crippen LogP contribution is -2.27. The molecular formula is C12H15N3O2. The molecule has 2 aromatic rings. The van der Waals surface area contributed by atoms with E-state index >= 15 is 0 Å². The monoisotopic (exact) mass is 233 g/mol. The molecule has 90 valence electrons. The van der Waals surface area contributed by atoms with Crippen molar-refractivity contribution in [3.8, 4) is 0 Å². The Morgan fingerprint density at radius 2 is 2.24 bits per heavy atom. The molecule has 0 saturated carbocycles. The third-order valence-electron chi connectivity index (χ3n) is 2.77. The zero-order valence-corrected chi connectivity index (χ0v) is 9.84. The molecule has 1 aromatic heterocycles. The first-order chi connectivity index (χ1) is 8.09. The number of carboxylic acid groups (broad SMARTS) is 1. The number of aliphatic carboxylic acids is 1. The highest BCUT2D eigenvalue weighted by molar-refractivity contribution is 5.75. The Labute approximate surface area is 99.1 Å². The fraction of sp³-hybridized carbons (Fsp3) is 0.333. The van der Waals surface area contributed by atoms with Gasteiger partial charge in [0.25, 0.3) is 0 Å². The van der Waals surface area contributed by atoms with Gasteiger partial charge in [-0.2, -0.15) is 0 Å².